The molecule has 30 heavy (non-hydrogen) atoms. The first-order valence-electron chi connectivity index (χ1n) is 9.70. The molecule has 0 aliphatic carbocycles. The van der Waals surface area contributed by atoms with Crippen molar-refractivity contribution in [2.45, 2.75) is 38.4 Å². The normalized spacial score (nSPS) is 13.4. The number of esters is 1. The number of halogens is 2. The fourth-order valence-electron chi connectivity index (χ4n) is 2.87. The van der Waals surface area contributed by atoms with E-state index in [9.17, 15) is 14.3 Å². The summed E-state index contributed by atoms with van der Waals surface area (Å²) in [6, 6.07) is 15.2. The second kappa shape index (κ2) is 11.2. The number of carbonyl (C=O) groups is 1. The molecule has 0 aromatic heterocycles. The highest BCUT2D eigenvalue weighted by Gasteiger charge is 2.23. The summed E-state index contributed by atoms with van der Waals surface area (Å²) in [5.74, 6) is 1.01. The molecule has 0 aliphatic heterocycles. The van der Waals surface area contributed by atoms with E-state index in [1.54, 1.807) is 12.1 Å². The molecule has 5 nitrogen and oxygen atoms in total. The molecule has 2 aromatic carbocycles. The van der Waals surface area contributed by atoms with Crippen LogP contribution in [0.15, 0.2) is 48.5 Å². The quantitative estimate of drug-likeness (QED) is 0.419. The van der Waals surface area contributed by atoms with Gasteiger partial charge in [-0.25, -0.2) is 4.39 Å². The molecule has 0 fully saturated rings. The number of alkyl halides is 2. The van der Waals surface area contributed by atoms with Gasteiger partial charge in [0.1, 0.15) is 43.6 Å². The van der Waals surface area contributed by atoms with Crippen molar-refractivity contribution in [2.75, 3.05) is 25.8 Å². The van der Waals surface area contributed by atoms with Gasteiger partial charge in [-0.3, -0.25) is 4.79 Å². The van der Waals surface area contributed by atoms with Crippen molar-refractivity contribution < 1.29 is 28.5 Å². The molecular formula is C23H28ClFO5. The second-order valence-corrected chi connectivity index (χ2v) is 7.80. The summed E-state index contributed by atoms with van der Waals surface area (Å²) in [6.45, 7) is 4.82. The first-order valence-corrected chi connectivity index (χ1v) is 10.2. The Kier molecular flexibility index (Phi) is 8.93. The predicted octanol–water partition coefficient (Wildman–Crippen LogP) is 4.27. The standard InChI is InChI=1S/C23H28ClFO5/c1-16(26)30-22(12-24)15-29-21-10-6-18(7-11-21)23(2,3)17-4-8-20(9-5-17)28-14-19(27)13-25/h4-11,19,22,27H,12-15H2,1-3H3/t19-,22-/m1/s1. The van der Waals surface area contributed by atoms with Crippen molar-refractivity contribution >= 4 is 17.6 Å². The van der Waals surface area contributed by atoms with E-state index in [0.717, 1.165) is 11.1 Å². The Hall–Kier alpha value is -2.31. The summed E-state index contributed by atoms with van der Waals surface area (Å²) in [4.78, 5) is 11.0. The number of rotatable bonds is 11. The van der Waals surface area contributed by atoms with E-state index in [4.69, 9.17) is 25.8 Å². The van der Waals surface area contributed by atoms with Crippen LogP contribution in [-0.2, 0) is 14.9 Å². The number of carbonyl (C=O) groups excluding carboxylic acids is 1. The zero-order chi connectivity index (χ0) is 22.1. The number of benzene rings is 2. The van der Waals surface area contributed by atoms with Gasteiger partial charge in [0.15, 0.2) is 0 Å². The molecule has 0 unspecified atom stereocenters. The van der Waals surface area contributed by atoms with E-state index in [1.807, 2.05) is 36.4 Å². The highest BCUT2D eigenvalue weighted by atomic mass is 35.5. The number of ether oxygens (including phenoxy) is 3. The molecule has 2 atom stereocenters. The zero-order valence-electron chi connectivity index (χ0n) is 17.4. The molecule has 0 aliphatic rings. The van der Waals surface area contributed by atoms with Crippen LogP contribution >= 0.6 is 11.6 Å². The Bertz CT molecular complexity index is 792. The molecular weight excluding hydrogens is 411 g/mol. The molecule has 2 aromatic rings. The molecule has 2 rings (SSSR count). The van der Waals surface area contributed by atoms with E-state index in [0.29, 0.717) is 11.5 Å². The molecule has 0 radical (unpaired) electrons. The molecule has 164 valence electrons. The van der Waals surface area contributed by atoms with Gasteiger partial charge < -0.3 is 19.3 Å². The summed E-state index contributed by atoms with van der Waals surface area (Å²) in [7, 11) is 0. The molecule has 0 spiro atoms. The van der Waals surface area contributed by atoms with E-state index in [1.165, 1.54) is 6.92 Å². The summed E-state index contributed by atoms with van der Waals surface area (Å²) < 4.78 is 28.4. The SMILES string of the molecule is CC(=O)O[C@H](CCl)COc1ccc(C(C)(C)c2ccc(OC[C@H](O)CF)cc2)cc1. The Labute approximate surface area is 181 Å². The van der Waals surface area contributed by atoms with Crippen LogP contribution in [0, 0.1) is 0 Å². The first kappa shape index (κ1) is 24.0. The van der Waals surface area contributed by atoms with Gasteiger partial charge in [-0.1, -0.05) is 38.1 Å². The molecule has 7 heteroatoms. The highest BCUT2D eigenvalue weighted by Crippen LogP contribution is 2.33. The van der Waals surface area contributed by atoms with Gasteiger partial charge in [-0.2, -0.15) is 0 Å². The third-order valence-corrected chi connectivity index (χ3v) is 5.06. The maximum absolute atomic E-state index is 12.3. The van der Waals surface area contributed by atoms with Crippen molar-refractivity contribution in [3.8, 4) is 11.5 Å². The van der Waals surface area contributed by atoms with Gasteiger partial charge in [-0.15, -0.1) is 11.6 Å². The van der Waals surface area contributed by atoms with Crippen LogP contribution in [0.2, 0.25) is 0 Å². The Morgan fingerprint density at radius 2 is 1.47 bits per heavy atom. The van der Waals surface area contributed by atoms with Crippen molar-refractivity contribution in [3.63, 3.8) is 0 Å². The smallest absolute Gasteiger partial charge is 0.303 e. The predicted molar refractivity (Wildman–Crippen MR) is 114 cm³/mol. The van der Waals surface area contributed by atoms with Crippen LogP contribution in [0.4, 0.5) is 4.39 Å². The van der Waals surface area contributed by atoms with Gasteiger partial charge in [-0.05, 0) is 35.4 Å². The third kappa shape index (κ3) is 6.89. The molecule has 0 saturated carbocycles. The van der Waals surface area contributed by atoms with E-state index in [2.05, 4.69) is 13.8 Å². The molecule has 0 saturated heterocycles. The largest absolute Gasteiger partial charge is 0.491 e. The Balaban J connectivity index is 2.01. The van der Waals surface area contributed by atoms with Crippen LogP contribution in [0.25, 0.3) is 0 Å². The monoisotopic (exact) mass is 438 g/mol. The molecule has 0 heterocycles. The summed E-state index contributed by atoms with van der Waals surface area (Å²) in [5.41, 5.74) is 1.89. The van der Waals surface area contributed by atoms with Crippen LogP contribution in [0.5, 0.6) is 11.5 Å². The summed E-state index contributed by atoms with van der Waals surface area (Å²) in [5, 5.41) is 9.26. The number of aliphatic hydroxyl groups is 1. The Morgan fingerprint density at radius 3 is 1.87 bits per heavy atom. The van der Waals surface area contributed by atoms with Gasteiger partial charge in [0.25, 0.3) is 0 Å². The van der Waals surface area contributed by atoms with Crippen molar-refractivity contribution in [1.82, 2.24) is 0 Å². The minimum atomic E-state index is -1.12. The van der Waals surface area contributed by atoms with Crippen molar-refractivity contribution in [2.24, 2.45) is 0 Å². The molecule has 0 amide bonds. The minimum Gasteiger partial charge on any atom is -0.491 e. The van der Waals surface area contributed by atoms with E-state index >= 15 is 0 Å². The topological polar surface area (TPSA) is 65.0 Å². The molecule has 0 bridgehead atoms. The van der Waals surface area contributed by atoms with Crippen molar-refractivity contribution in [1.29, 1.82) is 0 Å². The fraction of sp³-hybridized carbons (Fsp3) is 0.435. The highest BCUT2D eigenvalue weighted by molar-refractivity contribution is 6.18. The number of aliphatic hydroxyl groups excluding tert-OH is 1. The minimum absolute atomic E-state index is 0.0806. The number of hydrogen-bond donors (Lipinski definition) is 1. The lowest BCUT2D eigenvalue weighted by molar-refractivity contribution is -0.146. The Morgan fingerprint density at radius 1 is 1.00 bits per heavy atom. The van der Waals surface area contributed by atoms with Gasteiger partial charge in [0.2, 0.25) is 0 Å². The lowest BCUT2D eigenvalue weighted by atomic mass is 9.78. The van der Waals surface area contributed by atoms with Crippen LogP contribution in [-0.4, -0.2) is 49.1 Å². The average Bonchev–Trinajstić information content (AvgIpc) is 2.75. The second-order valence-electron chi connectivity index (χ2n) is 7.49. The number of hydrogen-bond acceptors (Lipinski definition) is 5. The average molecular weight is 439 g/mol. The maximum atomic E-state index is 12.3. The zero-order valence-corrected chi connectivity index (χ0v) is 18.2. The van der Waals surface area contributed by atoms with E-state index in [-0.39, 0.29) is 24.5 Å². The first-order chi connectivity index (χ1) is 14.3. The maximum Gasteiger partial charge on any atom is 0.303 e. The van der Waals surface area contributed by atoms with Crippen molar-refractivity contribution in [3.05, 3.63) is 59.7 Å². The lowest BCUT2D eigenvalue weighted by Crippen LogP contribution is -2.25. The summed E-state index contributed by atoms with van der Waals surface area (Å²) >= 11 is 5.79. The summed E-state index contributed by atoms with van der Waals surface area (Å²) in [6.07, 6.45) is -1.61. The lowest BCUT2D eigenvalue weighted by Gasteiger charge is -2.26. The third-order valence-electron chi connectivity index (χ3n) is 4.71. The van der Waals surface area contributed by atoms with Crippen LogP contribution in [0.3, 0.4) is 0 Å². The van der Waals surface area contributed by atoms with Gasteiger partial charge >= 0.3 is 5.97 Å². The molecule has 1 N–H and O–H groups in total. The van der Waals surface area contributed by atoms with Crippen LogP contribution in [0.1, 0.15) is 31.9 Å². The fourth-order valence-corrected chi connectivity index (χ4v) is 3.03. The van der Waals surface area contributed by atoms with Crippen LogP contribution < -0.4 is 9.47 Å². The van der Waals surface area contributed by atoms with Gasteiger partial charge in [0, 0.05) is 12.3 Å². The van der Waals surface area contributed by atoms with E-state index < -0.39 is 24.9 Å². The van der Waals surface area contributed by atoms with Gasteiger partial charge in [0.05, 0.1) is 5.88 Å².